The minimum atomic E-state index is -1.12. The number of amides is 1. The summed E-state index contributed by atoms with van der Waals surface area (Å²) in [5.41, 5.74) is 0.511. The molecule has 1 atom stereocenters. The molecule has 4 heteroatoms. The van der Waals surface area contributed by atoms with E-state index in [2.05, 4.69) is 0 Å². The summed E-state index contributed by atoms with van der Waals surface area (Å²) in [6, 6.07) is 7.40. The molecule has 0 fully saturated rings. The zero-order valence-corrected chi connectivity index (χ0v) is 10.6. The van der Waals surface area contributed by atoms with Crippen LogP contribution in [0.1, 0.15) is 36.2 Å². The van der Waals surface area contributed by atoms with Crippen molar-refractivity contribution in [3.63, 3.8) is 0 Å². The molecule has 0 aliphatic carbocycles. The van der Waals surface area contributed by atoms with Gasteiger partial charge in [0.25, 0.3) is 5.91 Å². The molecule has 0 bridgehead atoms. The third-order valence-electron chi connectivity index (χ3n) is 3.84. The van der Waals surface area contributed by atoms with Crippen molar-refractivity contribution in [2.24, 2.45) is 0 Å². The third-order valence-corrected chi connectivity index (χ3v) is 3.84. The van der Waals surface area contributed by atoms with Crippen molar-refractivity contribution in [2.45, 2.75) is 32.2 Å². The van der Waals surface area contributed by atoms with Gasteiger partial charge in [0.15, 0.2) is 0 Å². The molecular weight excluding hydrogens is 230 g/mol. The van der Waals surface area contributed by atoms with E-state index in [-0.39, 0.29) is 5.91 Å². The number of hydrogen-bond acceptors (Lipinski definition) is 2. The van der Waals surface area contributed by atoms with Crippen LogP contribution >= 0.6 is 0 Å². The summed E-state index contributed by atoms with van der Waals surface area (Å²) in [5, 5.41) is 9.36. The molecule has 96 valence electrons. The molecule has 0 saturated heterocycles. The molecule has 18 heavy (non-hydrogen) atoms. The Hall–Kier alpha value is -1.84. The van der Waals surface area contributed by atoms with Gasteiger partial charge in [0, 0.05) is 12.1 Å². The number of carboxylic acids is 1. The van der Waals surface area contributed by atoms with E-state index < -0.39 is 11.5 Å². The fraction of sp³-hybridized carbons (Fsp3) is 0.429. The lowest BCUT2D eigenvalue weighted by molar-refractivity contribution is -0.149. The maximum atomic E-state index is 12.4. The van der Waals surface area contributed by atoms with Crippen molar-refractivity contribution in [1.82, 2.24) is 4.90 Å². The van der Waals surface area contributed by atoms with Gasteiger partial charge in [-0.2, -0.15) is 0 Å². The molecule has 4 nitrogen and oxygen atoms in total. The Morgan fingerprint density at radius 3 is 2.72 bits per heavy atom. The van der Waals surface area contributed by atoms with Crippen LogP contribution in [0.3, 0.4) is 0 Å². The second-order valence-corrected chi connectivity index (χ2v) is 4.80. The predicted octanol–water partition coefficient (Wildman–Crippen LogP) is 1.94. The highest BCUT2D eigenvalue weighted by atomic mass is 16.4. The lowest BCUT2D eigenvalue weighted by atomic mass is 9.90. The lowest BCUT2D eigenvalue weighted by Gasteiger charge is -2.40. The topological polar surface area (TPSA) is 57.6 Å². The maximum absolute atomic E-state index is 12.4. The van der Waals surface area contributed by atoms with Crippen LogP contribution in [0.4, 0.5) is 0 Å². The van der Waals surface area contributed by atoms with Gasteiger partial charge in [-0.25, -0.2) is 4.79 Å². The maximum Gasteiger partial charge on any atom is 0.329 e. The van der Waals surface area contributed by atoms with Crippen LogP contribution < -0.4 is 0 Å². The SMILES string of the molecule is CCC(C)(C(=O)O)N1CCc2ccccc2C1=O. The number of nitrogens with zero attached hydrogens (tertiary/aromatic N) is 1. The summed E-state index contributed by atoms with van der Waals surface area (Å²) in [6.45, 7) is 3.87. The Kier molecular flexibility index (Phi) is 3.11. The number of hydrogen-bond donors (Lipinski definition) is 1. The van der Waals surface area contributed by atoms with Crippen LogP contribution in [-0.2, 0) is 11.2 Å². The molecule has 0 radical (unpaired) electrons. The Morgan fingerprint density at radius 1 is 1.44 bits per heavy atom. The molecule has 1 aromatic carbocycles. The normalized spacial score (nSPS) is 18.1. The smallest absolute Gasteiger partial charge is 0.329 e. The summed E-state index contributed by atoms with van der Waals surface area (Å²) in [5.74, 6) is -1.12. The third kappa shape index (κ3) is 1.78. The van der Waals surface area contributed by atoms with Crippen molar-refractivity contribution in [1.29, 1.82) is 0 Å². The average molecular weight is 247 g/mol. The van der Waals surface area contributed by atoms with Gasteiger partial charge < -0.3 is 10.0 Å². The van der Waals surface area contributed by atoms with Crippen molar-refractivity contribution in [3.05, 3.63) is 35.4 Å². The first-order valence-corrected chi connectivity index (χ1v) is 6.14. The van der Waals surface area contributed by atoms with Gasteiger partial charge in [-0.15, -0.1) is 0 Å². The molecule has 1 heterocycles. The minimum Gasteiger partial charge on any atom is -0.480 e. The van der Waals surface area contributed by atoms with Gasteiger partial charge in [-0.1, -0.05) is 25.1 Å². The quantitative estimate of drug-likeness (QED) is 0.888. The van der Waals surface area contributed by atoms with Crippen LogP contribution in [0, 0.1) is 0 Å². The second-order valence-electron chi connectivity index (χ2n) is 4.80. The Labute approximate surface area is 106 Å². The molecule has 2 rings (SSSR count). The van der Waals surface area contributed by atoms with Gasteiger partial charge in [0.2, 0.25) is 0 Å². The van der Waals surface area contributed by atoms with Crippen LogP contribution in [0.25, 0.3) is 0 Å². The molecule has 1 aliphatic heterocycles. The number of rotatable bonds is 3. The zero-order valence-electron chi connectivity index (χ0n) is 10.6. The van der Waals surface area contributed by atoms with Crippen LogP contribution in [0.15, 0.2) is 24.3 Å². The number of benzene rings is 1. The number of carbonyl (C=O) groups is 2. The van der Waals surface area contributed by atoms with Crippen molar-refractivity contribution < 1.29 is 14.7 Å². The summed E-state index contributed by atoms with van der Waals surface area (Å²) in [4.78, 5) is 25.3. The zero-order chi connectivity index (χ0) is 13.3. The van der Waals surface area contributed by atoms with E-state index in [0.29, 0.717) is 24.9 Å². The van der Waals surface area contributed by atoms with Crippen molar-refractivity contribution >= 4 is 11.9 Å². The van der Waals surface area contributed by atoms with Crippen molar-refractivity contribution in [3.8, 4) is 0 Å². The molecule has 1 aromatic rings. The van der Waals surface area contributed by atoms with Gasteiger partial charge in [0.1, 0.15) is 5.54 Å². The molecule has 1 aliphatic rings. The molecule has 1 amide bonds. The first kappa shape index (κ1) is 12.6. The van der Waals surface area contributed by atoms with E-state index in [1.807, 2.05) is 18.2 Å². The highest BCUT2D eigenvalue weighted by molar-refractivity contribution is 5.99. The van der Waals surface area contributed by atoms with E-state index in [0.717, 1.165) is 5.56 Å². The predicted molar refractivity (Wildman–Crippen MR) is 67.5 cm³/mol. The second kappa shape index (κ2) is 4.44. The first-order chi connectivity index (χ1) is 8.50. The summed E-state index contributed by atoms with van der Waals surface area (Å²) < 4.78 is 0. The largest absolute Gasteiger partial charge is 0.480 e. The van der Waals surface area contributed by atoms with E-state index in [1.165, 1.54) is 4.90 Å². The highest BCUT2D eigenvalue weighted by Crippen LogP contribution is 2.27. The Bertz CT molecular complexity index is 498. The molecule has 1 unspecified atom stereocenters. The Balaban J connectivity index is 2.40. The number of aliphatic carboxylic acids is 1. The van der Waals surface area contributed by atoms with Crippen LogP contribution in [-0.4, -0.2) is 34.0 Å². The Morgan fingerprint density at radius 2 is 2.11 bits per heavy atom. The van der Waals surface area contributed by atoms with Gasteiger partial charge >= 0.3 is 5.97 Å². The van der Waals surface area contributed by atoms with E-state index in [9.17, 15) is 14.7 Å². The molecule has 0 saturated carbocycles. The van der Waals surface area contributed by atoms with E-state index in [4.69, 9.17) is 0 Å². The van der Waals surface area contributed by atoms with Gasteiger partial charge in [-0.05, 0) is 31.4 Å². The fourth-order valence-electron chi connectivity index (χ4n) is 2.35. The number of carboxylic acid groups (broad SMARTS) is 1. The molecular formula is C14H17NO3. The fourth-order valence-corrected chi connectivity index (χ4v) is 2.35. The number of fused-ring (bicyclic) bond motifs is 1. The van der Waals surface area contributed by atoms with E-state index >= 15 is 0 Å². The van der Waals surface area contributed by atoms with Crippen LogP contribution in [0.5, 0.6) is 0 Å². The molecule has 0 spiro atoms. The molecule has 0 aromatic heterocycles. The van der Waals surface area contributed by atoms with E-state index in [1.54, 1.807) is 19.9 Å². The first-order valence-electron chi connectivity index (χ1n) is 6.14. The summed E-state index contributed by atoms with van der Waals surface area (Å²) in [7, 11) is 0. The number of carbonyl (C=O) groups excluding carboxylic acids is 1. The average Bonchev–Trinajstić information content (AvgIpc) is 2.38. The monoisotopic (exact) mass is 247 g/mol. The lowest BCUT2D eigenvalue weighted by Crippen LogP contribution is -2.56. The van der Waals surface area contributed by atoms with Crippen molar-refractivity contribution in [2.75, 3.05) is 6.54 Å². The standard InChI is InChI=1S/C14H17NO3/c1-3-14(2,13(17)18)15-9-8-10-6-4-5-7-11(10)12(15)16/h4-7H,3,8-9H2,1-2H3,(H,17,18). The van der Waals surface area contributed by atoms with Crippen LogP contribution in [0.2, 0.25) is 0 Å². The molecule has 1 N–H and O–H groups in total. The van der Waals surface area contributed by atoms with Gasteiger partial charge in [0.05, 0.1) is 0 Å². The summed E-state index contributed by atoms with van der Waals surface area (Å²) in [6.07, 6.45) is 1.11. The highest BCUT2D eigenvalue weighted by Gasteiger charge is 2.42. The van der Waals surface area contributed by atoms with Gasteiger partial charge in [-0.3, -0.25) is 4.79 Å². The minimum absolute atomic E-state index is 0.177. The summed E-state index contributed by atoms with van der Waals surface area (Å²) >= 11 is 0.